The van der Waals surface area contributed by atoms with Crippen LogP contribution in [0.4, 0.5) is 0 Å². The van der Waals surface area contributed by atoms with Crippen LogP contribution in [0.2, 0.25) is 0 Å². The van der Waals surface area contributed by atoms with Crippen molar-refractivity contribution in [3.8, 4) is 23.0 Å². The summed E-state index contributed by atoms with van der Waals surface area (Å²) in [6, 6.07) is 8.47. The van der Waals surface area contributed by atoms with Crippen LogP contribution in [0.1, 0.15) is 0 Å². The molecule has 6 nitrogen and oxygen atoms in total. The van der Waals surface area contributed by atoms with E-state index in [-0.39, 0.29) is 5.56 Å². The maximum atomic E-state index is 10.9. The van der Waals surface area contributed by atoms with Gasteiger partial charge in [-0.05, 0) is 18.2 Å². The van der Waals surface area contributed by atoms with E-state index < -0.39 is 0 Å². The van der Waals surface area contributed by atoms with Crippen molar-refractivity contribution in [2.75, 3.05) is 0 Å². The van der Waals surface area contributed by atoms with Crippen molar-refractivity contribution in [1.29, 1.82) is 0 Å². The first-order valence-corrected chi connectivity index (χ1v) is 5.27. The summed E-state index contributed by atoms with van der Waals surface area (Å²) >= 11 is 0. The lowest BCUT2D eigenvalue weighted by Crippen LogP contribution is -2.01. The SMILES string of the molecule is O=c1ccc(-c2noc(-c3ccccn3)n2)c[nH]1. The van der Waals surface area contributed by atoms with Crippen LogP contribution in [-0.4, -0.2) is 20.1 Å². The van der Waals surface area contributed by atoms with Crippen LogP contribution >= 0.6 is 0 Å². The Bertz CT molecular complexity index is 698. The number of hydrogen-bond acceptors (Lipinski definition) is 5. The molecule has 0 aliphatic carbocycles. The van der Waals surface area contributed by atoms with Crippen molar-refractivity contribution in [2.24, 2.45) is 0 Å². The molecule has 0 radical (unpaired) electrons. The van der Waals surface area contributed by atoms with Crippen LogP contribution in [0.25, 0.3) is 23.0 Å². The van der Waals surface area contributed by atoms with Crippen LogP contribution in [0.5, 0.6) is 0 Å². The molecule has 3 rings (SSSR count). The van der Waals surface area contributed by atoms with Crippen LogP contribution in [0.3, 0.4) is 0 Å². The van der Waals surface area contributed by atoms with Gasteiger partial charge >= 0.3 is 0 Å². The minimum Gasteiger partial charge on any atom is -0.332 e. The normalized spacial score (nSPS) is 10.4. The zero-order valence-electron chi connectivity index (χ0n) is 9.20. The largest absolute Gasteiger partial charge is 0.332 e. The monoisotopic (exact) mass is 240 g/mol. The fraction of sp³-hybridized carbons (Fsp3) is 0. The summed E-state index contributed by atoms with van der Waals surface area (Å²) in [5, 5.41) is 3.84. The zero-order chi connectivity index (χ0) is 12.4. The molecule has 0 spiro atoms. The highest BCUT2D eigenvalue weighted by Gasteiger charge is 2.10. The molecular formula is C12H8N4O2. The lowest BCUT2D eigenvalue weighted by atomic mass is 10.3. The van der Waals surface area contributed by atoms with Gasteiger partial charge in [-0.2, -0.15) is 4.98 Å². The van der Waals surface area contributed by atoms with E-state index >= 15 is 0 Å². The highest BCUT2D eigenvalue weighted by molar-refractivity contribution is 5.56. The van der Waals surface area contributed by atoms with Gasteiger partial charge in [-0.1, -0.05) is 11.2 Å². The van der Waals surface area contributed by atoms with Gasteiger partial charge in [-0.15, -0.1) is 0 Å². The first-order chi connectivity index (χ1) is 8.83. The molecule has 0 amide bonds. The van der Waals surface area contributed by atoms with Crippen molar-refractivity contribution in [1.82, 2.24) is 20.1 Å². The molecule has 0 aromatic carbocycles. The van der Waals surface area contributed by atoms with Gasteiger partial charge in [0.05, 0.1) is 0 Å². The van der Waals surface area contributed by atoms with Crippen molar-refractivity contribution in [3.63, 3.8) is 0 Å². The minimum absolute atomic E-state index is 0.174. The van der Waals surface area contributed by atoms with Crippen molar-refractivity contribution >= 4 is 0 Å². The summed E-state index contributed by atoms with van der Waals surface area (Å²) in [5.74, 6) is 0.753. The van der Waals surface area contributed by atoms with Gasteiger partial charge in [0.15, 0.2) is 0 Å². The van der Waals surface area contributed by atoms with E-state index in [1.165, 1.54) is 12.3 Å². The van der Waals surface area contributed by atoms with Crippen molar-refractivity contribution < 1.29 is 4.52 Å². The maximum Gasteiger partial charge on any atom is 0.276 e. The van der Waals surface area contributed by atoms with Crippen LogP contribution in [0, 0.1) is 0 Å². The number of hydrogen-bond donors (Lipinski definition) is 1. The quantitative estimate of drug-likeness (QED) is 0.733. The Hall–Kier alpha value is -2.76. The number of rotatable bonds is 2. The molecule has 0 fully saturated rings. The fourth-order valence-corrected chi connectivity index (χ4v) is 1.48. The Morgan fingerprint density at radius 2 is 2.11 bits per heavy atom. The molecule has 0 saturated heterocycles. The van der Waals surface area contributed by atoms with Gasteiger partial charge in [-0.25, -0.2) is 0 Å². The van der Waals surface area contributed by atoms with Crippen LogP contribution in [0.15, 0.2) is 52.0 Å². The van der Waals surface area contributed by atoms with E-state index in [4.69, 9.17) is 4.52 Å². The highest BCUT2D eigenvalue weighted by Crippen LogP contribution is 2.18. The second kappa shape index (κ2) is 4.25. The molecule has 0 saturated carbocycles. The Balaban J connectivity index is 1.99. The van der Waals surface area contributed by atoms with E-state index in [9.17, 15) is 4.79 Å². The van der Waals surface area contributed by atoms with Gasteiger partial charge in [0, 0.05) is 24.0 Å². The second-order valence-electron chi connectivity index (χ2n) is 3.58. The van der Waals surface area contributed by atoms with E-state index in [2.05, 4.69) is 20.1 Å². The third-order valence-electron chi connectivity index (χ3n) is 2.35. The van der Waals surface area contributed by atoms with E-state index in [0.29, 0.717) is 23.0 Å². The number of pyridine rings is 2. The Kier molecular flexibility index (Phi) is 2.45. The summed E-state index contributed by atoms with van der Waals surface area (Å²) in [6.45, 7) is 0. The number of nitrogens with one attached hydrogen (secondary N) is 1. The summed E-state index contributed by atoms with van der Waals surface area (Å²) in [7, 11) is 0. The predicted octanol–water partition coefficient (Wildman–Crippen LogP) is 1.49. The molecule has 3 aromatic heterocycles. The third-order valence-corrected chi connectivity index (χ3v) is 2.35. The van der Waals surface area contributed by atoms with Gasteiger partial charge < -0.3 is 9.51 Å². The number of aromatic nitrogens is 4. The Morgan fingerprint density at radius 3 is 2.83 bits per heavy atom. The molecule has 88 valence electrons. The summed E-state index contributed by atoms with van der Waals surface area (Å²) in [6.07, 6.45) is 3.19. The molecular weight excluding hydrogens is 232 g/mol. The standard InChI is InChI=1S/C12H8N4O2/c17-10-5-4-8(7-14-10)11-15-12(18-16-11)9-3-1-2-6-13-9/h1-7H,(H,14,17). The lowest BCUT2D eigenvalue weighted by molar-refractivity contribution is 0.431. The van der Waals surface area contributed by atoms with E-state index in [1.54, 1.807) is 18.3 Å². The van der Waals surface area contributed by atoms with Gasteiger partial charge in [0.25, 0.3) is 5.89 Å². The molecule has 18 heavy (non-hydrogen) atoms. The molecule has 3 aromatic rings. The second-order valence-corrected chi connectivity index (χ2v) is 3.58. The van der Waals surface area contributed by atoms with Crippen molar-refractivity contribution in [2.45, 2.75) is 0 Å². The molecule has 0 atom stereocenters. The predicted molar refractivity (Wildman–Crippen MR) is 63.6 cm³/mol. The summed E-state index contributed by atoms with van der Waals surface area (Å²) in [4.78, 5) is 21.8. The lowest BCUT2D eigenvalue weighted by Gasteiger charge is -1.91. The smallest absolute Gasteiger partial charge is 0.276 e. The van der Waals surface area contributed by atoms with Crippen molar-refractivity contribution in [3.05, 3.63) is 53.1 Å². The number of nitrogens with zero attached hydrogens (tertiary/aromatic N) is 3. The molecule has 3 heterocycles. The van der Waals surface area contributed by atoms with Crippen LogP contribution in [-0.2, 0) is 0 Å². The average Bonchev–Trinajstić information content (AvgIpc) is 2.90. The first-order valence-electron chi connectivity index (χ1n) is 5.27. The summed E-state index contributed by atoms with van der Waals surface area (Å²) < 4.78 is 5.12. The van der Waals surface area contributed by atoms with E-state index in [1.807, 2.05) is 12.1 Å². The van der Waals surface area contributed by atoms with Crippen LogP contribution < -0.4 is 5.56 Å². The molecule has 0 bridgehead atoms. The molecule has 6 heteroatoms. The molecule has 0 aliphatic heterocycles. The topological polar surface area (TPSA) is 84.7 Å². The molecule has 0 aliphatic rings. The van der Waals surface area contributed by atoms with Gasteiger partial charge in [0.1, 0.15) is 5.69 Å². The maximum absolute atomic E-state index is 10.9. The average molecular weight is 240 g/mol. The molecule has 0 unspecified atom stereocenters. The Morgan fingerprint density at radius 1 is 1.17 bits per heavy atom. The minimum atomic E-state index is -0.174. The van der Waals surface area contributed by atoms with Gasteiger partial charge in [0.2, 0.25) is 11.4 Å². The summed E-state index contributed by atoms with van der Waals surface area (Å²) in [5.41, 5.74) is 1.12. The fourth-order valence-electron chi connectivity index (χ4n) is 1.48. The third kappa shape index (κ3) is 1.91. The number of H-pyrrole nitrogens is 1. The van der Waals surface area contributed by atoms with E-state index in [0.717, 1.165) is 0 Å². The molecule has 1 N–H and O–H groups in total. The number of aromatic amines is 1. The zero-order valence-corrected chi connectivity index (χ0v) is 9.20. The highest BCUT2D eigenvalue weighted by atomic mass is 16.5. The van der Waals surface area contributed by atoms with Gasteiger partial charge in [-0.3, -0.25) is 9.78 Å². The first kappa shape index (κ1) is 10.4. The Labute approximate surface area is 101 Å².